The van der Waals surface area contributed by atoms with Gasteiger partial charge in [-0.1, -0.05) is 0 Å². The van der Waals surface area contributed by atoms with E-state index in [-0.39, 0.29) is 11.8 Å². The summed E-state index contributed by atoms with van der Waals surface area (Å²) < 4.78 is 23.7. The van der Waals surface area contributed by atoms with Gasteiger partial charge in [0.15, 0.2) is 0 Å². The van der Waals surface area contributed by atoms with Crippen LogP contribution in [-0.4, -0.2) is 36.7 Å². The van der Waals surface area contributed by atoms with Crippen LogP contribution in [0.5, 0.6) is 0 Å². The number of carbonyl (C=O) groups excluding carboxylic acids is 1. The maximum absolute atomic E-state index is 12.1. The Kier molecular flexibility index (Phi) is 4.49. The zero-order valence-electron chi connectivity index (χ0n) is 12.2. The highest BCUT2D eigenvalue weighted by Gasteiger charge is 2.29. The molecule has 7 nitrogen and oxygen atoms in total. The third-order valence-corrected chi connectivity index (χ3v) is 6.12. The molecule has 1 aliphatic carbocycles. The van der Waals surface area contributed by atoms with Crippen LogP contribution >= 0.6 is 11.3 Å². The molecule has 1 saturated heterocycles. The standard InChI is InChI=1S/C13H20N4O3S2/c14-22(19,20)17-5-3-10(4-6-17)13(18)15-7-12-16-11(8-21-12)9-1-2-9/h8-10H,1-7H2,(H,15,18)(H2,14,19,20). The first kappa shape index (κ1) is 15.9. The van der Waals surface area contributed by atoms with E-state index in [1.165, 1.54) is 17.1 Å². The van der Waals surface area contributed by atoms with Crippen molar-refractivity contribution >= 4 is 27.5 Å². The second-order valence-electron chi connectivity index (χ2n) is 5.88. The summed E-state index contributed by atoms with van der Waals surface area (Å²) in [6.45, 7) is 1.06. The smallest absolute Gasteiger partial charge is 0.276 e. The number of nitrogens with two attached hydrogens (primary N) is 1. The predicted molar refractivity (Wildman–Crippen MR) is 83.3 cm³/mol. The Morgan fingerprint density at radius 2 is 2.05 bits per heavy atom. The number of piperidine rings is 1. The number of hydrogen-bond acceptors (Lipinski definition) is 5. The number of thiazole rings is 1. The molecule has 0 radical (unpaired) electrons. The molecule has 0 spiro atoms. The van der Waals surface area contributed by atoms with Crippen LogP contribution < -0.4 is 10.5 Å². The number of nitrogens with zero attached hydrogens (tertiary/aromatic N) is 2. The Morgan fingerprint density at radius 3 is 2.64 bits per heavy atom. The van der Waals surface area contributed by atoms with Crippen LogP contribution in [0.1, 0.15) is 42.3 Å². The summed E-state index contributed by atoms with van der Waals surface area (Å²) in [6, 6.07) is 0. The second-order valence-corrected chi connectivity index (χ2v) is 8.37. The highest BCUT2D eigenvalue weighted by atomic mass is 32.2. The first-order valence-electron chi connectivity index (χ1n) is 7.43. The van der Waals surface area contributed by atoms with Gasteiger partial charge in [0.05, 0.1) is 12.2 Å². The lowest BCUT2D eigenvalue weighted by atomic mass is 9.97. The van der Waals surface area contributed by atoms with Gasteiger partial charge in [-0.05, 0) is 25.7 Å². The van der Waals surface area contributed by atoms with Crippen molar-refractivity contribution in [2.24, 2.45) is 11.1 Å². The van der Waals surface area contributed by atoms with Crippen molar-refractivity contribution < 1.29 is 13.2 Å². The molecule has 1 aromatic heterocycles. The molecule has 1 amide bonds. The lowest BCUT2D eigenvalue weighted by Gasteiger charge is -2.28. The first-order valence-corrected chi connectivity index (χ1v) is 9.81. The van der Waals surface area contributed by atoms with Crippen LogP contribution in [0.25, 0.3) is 0 Å². The van der Waals surface area contributed by atoms with Gasteiger partial charge in [-0.3, -0.25) is 4.79 Å². The average molecular weight is 344 g/mol. The molecule has 0 bridgehead atoms. The molecular weight excluding hydrogens is 324 g/mol. The first-order chi connectivity index (χ1) is 10.4. The Hall–Kier alpha value is -1.03. The molecule has 2 aliphatic rings. The number of rotatable bonds is 5. The third kappa shape index (κ3) is 3.83. The zero-order valence-corrected chi connectivity index (χ0v) is 13.8. The zero-order chi connectivity index (χ0) is 15.7. The predicted octanol–water partition coefficient (Wildman–Crippen LogP) is 0.552. The van der Waals surface area contributed by atoms with Crippen molar-refractivity contribution in [1.82, 2.24) is 14.6 Å². The number of aromatic nitrogens is 1. The molecule has 1 aromatic rings. The normalized spacial score (nSPS) is 21.0. The number of carbonyl (C=O) groups is 1. The van der Waals surface area contributed by atoms with Crippen molar-refractivity contribution in [3.8, 4) is 0 Å². The minimum Gasteiger partial charge on any atom is -0.349 e. The van der Waals surface area contributed by atoms with Crippen molar-refractivity contribution in [2.75, 3.05) is 13.1 Å². The van der Waals surface area contributed by atoms with Crippen LogP contribution in [0.15, 0.2) is 5.38 Å². The number of amides is 1. The van der Waals surface area contributed by atoms with Crippen molar-refractivity contribution in [3.05, 3.63) is 16.1 Å². The molecule has 3 N–H and O–H groups in total. The van der Waals surface area contributed by atoms with Crippen LogP contribution in [0.2, 0.25) is 0 Å². The van der Waals surface area contributed by atoms with Gasteiger partial charge in [-0.15, -0.1) is 11.3 Å². The lowest BCUT2D eigenvalue weighted by molar-refractivity contribution is -0.126. The van der Waals surface area contributed by atoms with E-state index in [0.29, 0.717) is 38.4 Å². The van der Waals surface area contributed by atoms with Gasteiger partial charge >= 0.3 is 0 Å². The van der Waals surface area contributed by atoms with Crippen LogP contribution in [0.3, 0.4) is 0 Å². The summed E-state index contributed by atoms with van der Waals surface area (Å²) in [5.41, 5.74) is 1.15. The molecule has 22 heavy (non-hydrogen) atoms. The highest BCUT2D eigenvalue weighted by molar-refractivity contribution is 7.86. The van der Waals surface area contributed by atoms with Crippen molar-refractivity contribution in [3.63, 3.8) is 0 Å². The molecular formula is C13H20N4O3S2. The molecule has 2 heterocycles. The average Bonchev–Trinajstić information content (AvgIpc) is 3.23. The van der Waals surface area contributed by atoms with Gasteiger partial charge in [-0.2, -0.15) is 12.7 Å². The van der Waals surface area contributed by atoms with E-state index >= 15 is 0 Å². The fourth-order valence-electron chi connectivity index (χ4n) is 2.65. The summed E-state index contributed by atoms with van der Waals surface area (Å²) in [7, 11) is -3.64. The van der Waals surface area contributed by atoms with Crippen LogP contribution in [0.4, 0.5) is 0 Å². The Balaban J connectivity index is 1.46. The molecule has 2 fully saturated rings. The Labute approximate surface area is 134 Å². The van der Waals surface area contributed by atoms with E-state index in [9.17, 15) is 13.2 Å². The third-order valence-electron chi connectivity index (χ3n) is 4.16. The van der Waals surface area contributed by atoms with Gasteiger partial charge in [0.1, 0.15) is 5.01 Å². The minimum absolute atomic E-state index is 0.0303. The molecule has 3 rings (SSSR count). The summed E-state index contributed by atoms with van der Waals surface area (Å²) >= 11 is 1.58. The van der Waals surface area contributed by atoms with Gasteiger partial charge in [0, 0.05) is 30.3 Å². The fourth-order valence-corrected chi connectivity index (χ4v) is 4.19. The minimum atomic E-state index is -3.64. The van der Waals surface area contributed by atoms with E-state index in [0.717, 1.165) is 10.7 Å². The van der Waals surface area contributed by atoms with E-state index in [4.69, 9.17) is 5.14 Å². The number of nitrogens with one attached hydrogen (secondary N) is 1. The Bertz CT molecular complexity index is 646. The topological polar surface area (TPSA) is 105 Å². The van der Waals surface area contributed by atoms with Gasteiger partial charge in [0.25, 0.3) is 10.2 Å². The number of hydrogen-bond donors (Lipinski definition) is 2. The van der Waals surface area contributed by atoms with E-state index in [2.05, 4.69) is 15.7 Å². The van der Waals surface area contributed by atoms with Gasteiger partial charge in [-0.25, -0.2) is 10.1 Å². The van der Waals surface area contributed by atoms with Crippen molar-refractivity contribution in [2.45, 2.75) is 38.1 Å². The fraction of sp³-hybridized carbons (Fsp3) is 0.692. The van der Waals surface area contributed by atoms with Gasteiger partial charge < -0.3 is 5.32 Å². The summed E-state index contributed by atoms with van der Waals surface area (Å²) in [5.74, 6) is 0.446. The monoisotopic (exact) mass is 344 g/mol. The van der Waals surface area contributed by atoms with E-state index in [1.54, 1.807) is 11.3 Å². The van der Waals surface area contributed by atoms with Crippen molar-refractivity contribution in [1.29, 1.82) is 0 Å². The molecule has 0 unspecified atom stereocenters. The van der Waals surface area contributed by atoms with Crippen LogP contribution in [0, 0.1) is 5.92 Å². The molecule has 0 atom stereocenters. The Morgan fingerprint density at radius 1 is 1.36 bits per heavy atom. The molecule has 1 saturated carbocycles. The molecule has 0 aromatic carbocycles. The van der Waals surface area contributed by atoms with Crippen LogP contribution in [-0.2, 0) is 21.5 Å². The summed E-state index contributed by atoms with van der Waals surface area (Å²) in [6.07, 6.45) is 3.46. The summed E-state index contributed by atoms with van der Waals surface area (Å²) in [5, 5.41) is 11.0. The molecule has 1 aliphatic heterocycles. The summed E-state index contributed by atoms with van der Waals surface area (Å²) in [4.78, 5) is 16.7. The maximum Gasteiger partial charge on any atom is 0.276 e. The molecule has 122 valence electrons. The quantitative estimate of drug-likeness (QED) is 0.814. The highest BCUT2D eigenvalue weighted by Crippen LogP contribution is 2.40. The largest absolute Gasteiger partial charge is 0.349 e. The molecule has 9 heteroatoms. The maximum atomic E-state index is 12.1. The lowest BCUT2D eigenvalue weighted by Crippen LogP contribution is -2.45. The van der Waals surface area contributed by atoms with E-state index in [1.807, 2.05) is 0 Å². The van der Waals surface area contributed by atoms with E-state index < -0.39 is 10.2 Å². The van der Waals surface area contributed by atoms with Gasteiger partial charge in [0.2, 0.25) is 5.91 Å². The SMILES string of the molecule is NS(=O)(=O)N1CCC(C(=O)NCc2nc(C3CC3)cs2)CC1. The second kappa shape index (κ2) is 6.23.